The molecule has 148 valence electrons. The Morgan fingerprint density at radius 3 is 2.59 bits per heavy atom. The molecule has 6 nitrogen and oxygen atoms in total. The van der Waals surface area contributed by atoms with E-state index in [0.717, 1.165) is 19.3 Å². The summed E-state index contributed by atoms with van der Waals surface area (Å²) in [5, 5.41) is 0.169. The maximum Gasteiger partial charge on any atom is 0.159 e. The van der Waals surface area contributed by atoms with Gasteiger partial charge in [0.15, 0.2) is 23.9 Å². The first-order valence-corrected chi connectivity index (χ1v) is 9.37. The summed E-state index contributed by atoms with van der Waals surface area (Å²) in [7, 11) is 2.91. The molecule has 0 aromatic heterocycles. The van der Waals surface area contributed by atoms with Gasteiger partial charge in [-0.1, -0.05) is 31.4 Å². The quantitative estimate of drug-likeness (QED) is 0.432. The molecular formula is C20H25ClO6. The van der Waals surface area contributed by atoms with Crippen molar-refractivity contribution in [3.63, 3.8) is 0 Å². The zero-order chi connectivity index (χ0) is 19.8. The van der Waals surface area contributed by atoms with Crippen LogP contribution in [0.25, 0.3) is 0 Å². The molecule has 0 heterocycles. The second-order valence-corrected chi connectivity index (χ2v) is 6.55. The zero-order valence-corrected chi connectivity index (χ0v) is 16.6. The van der Waals surface area contributed by atoms with Gasteiger partial charge in [-0.15, -0.1) is 0 Å². The first-order valence-electron chi connectivity index (χ1n) is 8.99. The molecule has 2 rings (SSSR count). The van der Waals surface area contributed by atoms with Crippen LogP contribution in [-0.4, -0.2) is 39.0 Å². The predicted molar refractivity (Wildman–Crippen MR) is 102 cm³/mol. The van der Waals surface area contributed by atoms with Crippen molar-refractivity contribution < 1.29 is 28.5 Å². The van der Waals surface area contributed by atoms with Crippen LogP contribution in [0.15, 0.2) is 17.9 Å². The van der Waals surface area contributed by atoms with Crippen LogP contribution >= 0.6 is 11.6 Å². The lowest BCUT2D eigenvalue weighted by atomic mass is 10.0. The average Bonchev–Trinajstić information content (AvgIpc) is 2.68. The summed E-state index contributed by atoms with van der Waals surface area (Å²) in [5.41, 5.74) is 0.186. The summed E-state index contributed by atoms with van der Waals surface area (Å²) in [6.45, 7) is 2.61. The number of allylic oxidation sites excluding steroid dienone is 1. The van der Waals surface area contributed by atoms with Crippen LogP contribution in [0.5, 0.6) is 17.2 Å². The lowest BCUT2D eigenvalue weighted by Crippen LogP contribution is -2.27. The Labute approximate surface area is 164 Å². The van der Waals surface area contributed by atoms with Gasteiger partial charge in [0, 0.05) is 18.6 Å². The SMILES string of the molecule is CCCCCOC1=CC(=O)CC[C@@H]1Oc1c(Cl)c(OC)cc(OC)c1C=O. The molecule has 7 heteroatoms. The van der Waals surface area contributed by atoms with Gasteiger partial charge in [-0.3, -0.25) is 9.59 Å². The molecule has 0 amide bonds. The number of hydrogen-bond donors (Lipinski definition) is 0. The molecule has 0 radical (unpaired) electrons. The fourth-order valence-electron chi connectivity index (χ4n) is 2.82. The molecular weight excluding hydrogens is 372 g/mol. The third-order valence-electron chi connectivity index (χ3n) is 4.30. The molecule has 0 N–H and O–H groups in total. The van der Waals surface area contributed by atoms with Crippen molar-refractivity contribution >= 4 is 23.7 Å². The number of carbonyl (C=O) groups excluding carboxylic acids is 2. The molecule has 0 saturated heterocycles. The number of hydrogen-bond acceptors (Lipinski definition) is 6. The largest absolute Gasteiger partial charge is 0.496 e. The van der Waals surface area contributed by atoms with Gasteiger partial charge < -0.3 is 18.9 Å². The first-order chi connectivity index (χ1) is 13.0. The first kappa shape index (κ1) is 21.1. The highest BCUT2D eigenvalue weighted by Crippen LogP contribution is 2.43. The second kappa shape index (κ2) is 10.2. The highest BCUT2D eigenvalue weighted by atomic mass is 35.5. The molecule has 0 unspecified atom stereocenters. The normalized spacial score (nSPS) is 16.5. The van der Waals surface area contributed by atoms with E-state index in [1.807, 2.05) is 0 Å². The Balaban J connectivity index is 2.31. The summed E-state index contributed by atoms with van der Waals surface area (Å²) in [4.78, 5) is 23.4. The fraction of sp³-hybridized carbons (Fsp3) is 0.500. The van der Waals surface area contributed by atoms with E-state index in [9.17, 15) is 9.59 Å². The zero-order valence-electron chi connectivity index (χ0n) is 15.9. The minimum atomic E-state index is -0.516. The Morgan fingerprint density at radius 2 is 1.96 bits per heavy atom. The van der Waals surface area contributed by atoms with Crippen molar-refractivity contribution in [3.8, 4) is 17.2 Å². The van der Waals surface area contributed by atoms with E-state index in [-0.39, 0.29) is 22.1 Å². The maximum atomic E-state index is 11.8. The topological polar surface area (TPSA) is 71.1 Å². The van der Waals surface area contributed by atoms with Gasteiger partial charge in [0.25, 0.3) is 0 Å². The highest BCUT2D eigenvalue weighted by molar-refractivity contribution is 6.34. The molecule has 1 atom stereocenters. The van der Waals surface area contributed by atoms with Gasteiger partial charge in [-0.25, -0.2) is 0 Å². The van der Waals surface area contributed by atoms with Gasteiger partial charge in [0.1, 0.15) is 27.8 Å². The molecule has 0 spiro atoms. The summed E-state index contributed by atoms with van der Waals surface area (Å²) in [6.07, 6.45) is 5.35. The number of benzene rings is 1. The van der Waals surface area contributed by atoms with E-state index in [0.29, 0.717) is 43.0 Å². The Morgan fingerprint density at radius 1 is 1.22 bits per heavy atom. The minimum Gasteiger partial charge on any atom is -0.496 e. The fourth-order valence-corrected chi connectivity index (χ4v) is 3.10. The second-order valence-electron chi connectivity index (χ2n) is 6.17. The van der Waals surface area contributed by atoms with E-state index in [1.54, 1.807) is 0 Å². The number of aldehydes is 1. The van der Waals surface area contributed by atoms with Crippen molar-refractivity contribution in [2.24, 2.45) is 0 Å². The monoisotopic (exact) mass is 396 g/mol. The summed E-state index contributed by atoms with van der Waals surface area (Å²) in [6, 6.07) is 1.53. The lowest BCUT2D eigenvalue weighted by molar-refractivity contribution is -0.116. The molecule has 1 aromatic carbocycles. The van der Waals surface area contributed by atoms with Crippen molar-refractivity contribution in [2.45, 2.75) is 45.1 Å². The highest BCUT2D eigenvalue weighted by Gasteiger charge is 2.28. The van der Waals surface area contributed by atoms with E-state index < -0.39 is 6.10 Å². The predicted octanol–water partition coefficient (Wildman–Crippen LogP) is 4.37. The molecule has 1 aliphatic carbocycles. The number of unbranched alkanes of at least 4 members (excludes halogenated alkanes) is 2. The van der Waals surface area contributed by atoms with E-state index in [4.69, 9.17) is 30.5 Å². The number of halogens is 1. The number of ether oxygens (including phenoxy) is 4. The van der Waals surface area contributed by atoms with Crippen molar-refractivity contribution in [2.75, 3.05) is 20.8 Å². The van der Waals surface area contributed by atoms with Crippen LogP contribution in [0.3, 0.4) is 0 Å². The smallest absolute Gasteiger partial charge is 0.159 e. The van der Waals surface area contributed by atoms with Crippen molar-refractivity contribution in [3.05, 3.63) is 28.5 Å². The Hall–Kier alpha value is -2.21. The molecule has 0 aliphatic heterocycles. The molecule has 0 saturated carbocycles. The number of ketones is 1. The van der Waals surface area contributed by atoms with Gasteiger partial charge in [0.05, 0.1) is 20.8 Å². The third kappa shape index (κ3) is 5.16. The van der Waals surface area contributed by atoms with Crippen LogP contribution in [0.4, 0.5) is 0 Å². The summed E-state index contributed by atoms with van der Waals surface area (Å²) in [5.74, 6) is 1.23. The molecule has 27 heavy (non-hydrogen) atoms. The summed E-state index contributed by atoms with van der Waals surface area (Å²) >= 11 is 6.37. The van der Waals surface area contributed by atoms with Crippen LogP contribution in [-0.2, 0) is 9.53 Å². The van der Waals surface area contributed by atoms with E-state index in [1.165, 1.54) is 26.4 Å². The van der Waals surface area contributed by atoms with Crippen molar-refractivity contribution in [1.82, 2.24) is 0 Å². The summed E-state index contributed by atoms with van der Waals surface area (Å²) < 4.78 is 22.3. The maximum absolute atomic E-state index is 11.8. The third-order valence-corrected chi connectivity index (χ3v) is 4.65. The van der Waals surface area contributed by atoms with Crippen molar-refractivity contribution in [1.29, 1.82) is 0 Å². The number of carbonyl (C=O) groups is 2. The van der Waals surface area contributed by atoms with Crippen LogP contribution in [0.2, 0.25) is 5.02 Å². The lowest BCUT2D eigenvalue weighted by Gasteiger charge is -2.26. The van der Waals surface area contributed by atoms with Crippen LogP contribution < -0.4 is 14.2 Å². The molecule has 1 aliphatic rings. The Bertz CT molecular complexity index is 713. The molecule has 0 fully saturated rings. The average molecular weight is 397 g/mol. The van der Waals surface area contributed by atoms with Gasteiger partial charge >= 0.3 is 0 Å². The molecule has 1 aromatic rings. The van der Waals surface area contributed by atoms with Crippen LogP contribution in [0, 0.1) is 0 Å². The minimum absolute atomic E-state index is 0.00901. The number of rotatable bonds is 10. The van der Waals surface area contributed by atoms with Crippen LogP contribution in [0.1, 0.15) is 49.4 Å². The number of methoxy groups -OCH3 is 2. The van der Waals surface area contributed by atoms with Gasteiger partial charge in [0.2, 0.25) is 0 Å². The van der Waals surface area contributed by atoms with E-state index >= 15 is 0 Å². The van der Waals surface area contributed by atoms with Gasteiger partial charge in [-0.2, -0.15) is 0 Å². The van der Waals surface area contributed by atoms with E-state index in [2.05, 4.69) is 6.92 Å². The molecule has 0 bridgehead atoms. The Kier molecular flexibility index (Phi) is 7.98. The standard InChI is InChI=1S/C20H25ClO6/c1-4-5-6-9-26-17-10-13(23)7-8-15(17)27-20-14(12-22)16(24-2)11-18(25-3)19(20)21/h10-12,15H,4-9H2,1-3H3/t15-/m0/s1. The van der Waals surface area contributed by atoms with Gasteiger partial charge in [-0.05, 0) is 12.8 Å².